The summed E-state index contributed by atoms with van der Waals surface area (Å²) in [7, 11) is 0. The van der Waals surface area contributed by atoms with Crippen LogP contribution in [0.4, 0.5) is 0 Å². The minimum atomic E-state index is -0.794. The van der Waals surface area contributed by atoms with E-state index in [-0.39, 0.29) is 0 Å². The van der Waals surface area contributed by atoms with Crippen molar-refractivity contribution in [3.05, 3.63) is 42.1 Å². The lowest BCUT2D eigenvalue weighted by Crippen LogP contribution is -2.29. The van der Waals surface area contributed by atoms with E-state index in [9.17, 15) is 9.90 Å². The van der Waals surface area contributed by atoms with E-state index in [0.717, 1.165) is 22.9 Å². The summed E-state index contributed by atoms with van der Waals surface area (Å²) in [5.41, 5.74) is 1.72. The third-order valence-corrected chi connectivity index (χ3v) is 3.61. The van der Waals surface area contributed by atoms with E-state index in [4.69, 9.17) is 4.74 Å². The first-order valence-electron chi connectivity index (χ1n) is 6.45. The van der Waals surface area contributed by atoms with Gasteiger partial charge >= 0.3 is 5.97 Å². The molecule has 98 valence electrons. The molecule has 1 aliphatic heterocycles. The normalized spacial score (nSPS) is 23.4. The molecule has 0 radical (unpaired) electrons. The molecule has 19 heavy (non-hydrogen) atoms. The van der Waals surface area contributed by atoms with E-state index >= 15 is 0 Å². The first-order chi connectivity index (χ1) is 9.27. The number of hydrogen-bond donors (Lipinski definition) is 1. The van der Waals surface area contributed by atoms with Gasteiger partial charge in [0.05, 0.1) is 17.5 Å². The molecule has 1 N–H and O–H groups in total. The molecule has 0 bridgehead atoms. The Bertz CT molecular complexity index is 606. The molecule has 3 rings (SSSR count). The maximum atomic E-state index is 11.4. The van der Waals surface area contributed by atoms with Crippen LogP contribution in [0.2, 0.25) is 0 Å². The molecule has 0 amide bonds. The third-order valence-electron chi connectivity index (χ3n) is 3.61. The highest BCUT2D eigenvalue weighted by atomic mass is 16.5. The second-order valence-electron chi connectivity index (χ2n) is 4.80. The molecule has 1 aliphatic rings. The SMILES string of the molecule is O=C(O)C1CCCOC1c1cccc2cccnc12. The first kappa shape index (κ1) is 12.1. The van der Waals surface area contributed by atoms with Gasteiger partial charge in [-0.05, 0) is 18.9 Å². The van der Waals surface area contributed by atoms with Crippen LogP contribution in [0.15, 0.2) is 36.5 Å². The Morgan fingerprint density at radius 3 is 3.00 bits per heavy atom. The van der Waals surface area contributed by atoms with Gasteiger partial charge in [-0.3, -0.25) is 9.78 Å². The molecule has 2 aromatic rings. The predicted octanol–water partition coefficient (Wildman–Crippen LogP) is 2.79. The Kier molecular flexibility index (Phi) is 3.17. The monoisotopic (exact) mass is 257 g/mol. The van der Waals surface area contributed by atoms with E-state index < -0.39 is 18.0 Å². The van der Waals surface area contributed by atoms with Gasteiger partial charge in [-0.15, -0.1) is 0 Å². The number of para-hydroxylation sites is 1. The van der Waals surface area contributed by atoms with Crippen molar-refractivity contribution in [2.45, 2.75) is 18.9 Å². The lowest BCUT2D eigenvalue weighted by molar-refractivity contribution is -0.151. The van der Waals surface area contributed by atoms with Crippen molar-refractivity contribution in [3.63, 3.8) is 0 Å². The average molecular weight is 257 g/mol. The fourth-order valence-corrected chi connectivity index (χ4v) is 2.70. The van der Waals surface area contributed by atoms with Gasteiger partial charge in [-0.1, -0.05) is 24.3 Å². The number of aromatic nitrogens is 1. The molecule has 2 atom stereocenters. The molecule has 1 saturated heterocycles. The topological polar surface area (TPSA) is 59.4 Å². The summed E-state index contributed by atoms with van der Waals surface area (Å²) in [5, 5.41) is 10.4. The van der Waals surface area contributed by atoms with Gasteiger partial charge in [0.1, 0.15) is 0 Å². The van der Waals surface area contributed by atoms with E-state index in [1.54, 1.807) is 6.20 Å². The highest BCUT2D eigenvalue weighted by Gasteiger charge is 2.34. The third kappa shape index (κ3) is 2.19. The van der Waals surface area contributed by atoms with Crippen molar-refractivity contribution in [3.8, 4) is 0 Å². The van der Waals surface area contributed by atoms with Crippen LogP contribution in [-0.2, 0) is 9.53 Å². The van der Waals surface area contributed by atoms with E-state index in [0.29, 0.717) is 13.0 Å². The second kappa shape index (κ2) is 4.97. The van der Waals surface area contributed by atoms with Crippen LogP contribution >= 0.6 is 0 Å². The van der Waals surface area contributed by atoms with E-state index in [2.05, 4.69) is 4.98 Å². The molecule has 4 nitrogen and oxygen atoms in total. The lowest BCUT2D eigenvalue weighted by atomic mass is 9.88. The quantitative estimate of drug-likeness (QED) is 0.898. The maximum absolute atomic E-state index is 11.4. The van der Waals surface area contributed by atoms with Gasteiger partial charge in [0.25, 0.3) is 0 Å². The fourth-order valence-electron chi connectivity index (χ4n) is 2.70. The maximum Gasteiger partial charge on any atom is 0.309 e. The highest BCUT2D eigenvalue weighted by molar-refractivity contribution is 5.83. The lowest BCUT2D eigenvalue weighted by Gasteiger charge is -2.29. The molecular formula is C15H15NO3. The molecule has 1 aromatic heterocycles. The van der Waals surface area contributed by atoms with Crippen molar-refractivity contribution in [2.75, 3.05) is 6.61 Å². The smallest absolute Gasteiger partial charge is 0.309 e. The van der Waals surface area contributed by atoms with Gasteiger partial charge in [-0.2, -0.15) is 0 Å². The molecule has 0 saturated carbocycles. The second-order valence-corrected chi connectivity index (χ2v) is 4.80. The summed E-state index contributed by atoms with van der Waals surface area (Å²) in [6, 6.07) is 9.68. The minimum absolute atomic E-state index is 0.398. The van der Waals surface area contributed by atoms with E-state index in [1.807, 2.05) is 30.3 Å². The molecule has 4 heteroatoms. The number of carboxylic acids is 1. The number of rotatable bonds is 2. The van der Waals surface area contributed by atoms with Crippen LogP contribution in [0.25, 0.3) is 10.9 Å². The summed E-state index contributed by atoms with van der Waals surface area (Å²) >= 11 is 0. The Morgan fingerprint density at radius 1 is 1.32 bits per heavy atom. The van der Waals surface area contributed by atoms with Crippen molar-refractivity contribution in [1.82, 2.24) is 4.98 Å². The molecular weight excluding hydrogens is 242 g/mol. The summed E-state index contributed by atoms with van der Waals surface area (Å²) in [6.45, 7) is 0.609. The summed E-state index contributed by atoms with van der Waals surface area (Å²) in [5.74, 6) is -1.28. The molecule has 2 heterocycles. The number of carbonyl (C=O) groups is 1. The number of benzene rings is 1. The molecule has 1 fully saturated rings. The number of hydrogen-bond acceptors (Lipinski definition) is 3. The van der Waals surface area contributed by atoms with E-state index in [1.165, 1.54) is 0 Å². The number of ether oxygens (including phenoxy) is 1. The Hall–Kier alpha value is -1.94. The molecule has 0 aliphatic carbocycles. The van der Waals surface area contributed by atoms with Crippen LogP contribution in [0.5, 0.6) is 0 Å². The summed E-state index contributed by atoms with van der Waals surface area (Å²) in [6.07, 6.45) is 2.78. The van der Waals surface area contributed by atoms with Crippen molar-refractivity contribution in [2.24, 2.45) is 5.92 Å². The number of pyridine rings is 1. The Labute approximate surface area is 111 Å². The van der Waals surface area contributed by atoms with Crippen molar-refractivity contribution < 1.29 is 14.6 Å². The first-order valence-corrected chi connectivity index (χ1v) is 6.45. The van der Waals surface area contributed by atoms with Crippen LogP contribution < -0.4 is 0 Å². The Morgan fingerprint density at radius 2 is 2.16 bits per heavy atom. The summed E-state index contributed by atoms with van der Waals surface area (Å²) < 4.78 is 5.73. The van der Waals surface area contributed by atoms with Crippen LogP contribution in [0.1, 0.15) is 24.5 Å². The number of fused-ring (bicyclic) bond motifs is 1. The van der Waals surface area contributed by atoms with Gasteiger partial charge < -0.3 is 9.84 Å². The van der Waals surface area contributed by atoms with Crippen LogP contribution in [-0.4, -0.2) is 22.7 Å². The van der Waals surface area contributed by atoms with Crippen molar-refractivity contribution >= 4 is 16.9 Å². The minimum Gasteiger partial charge on any atom is -0.481 e. The van der Waals surface area contributed by atoms with Gasteiger partial charge in [0.15, 0.2) is 0 Å². The standard InChI is InChI=1S/C15H15NO3/c17-15(18)12-7-3-9-19-14(12)11-6-1-4-10-5-2-8-16-13(10)11/h1-2,4-6,8,12,14H,3,7,9H2,(H,17,18). The summed E-state index contributed by atoms with van der Waals surface area (Å²) in [4.78, 5) is 15.8. The highest BCUT2D eigenvalue weighted by Crippen LogP contribution is 2.36. The number of aliphatic carboxylic acids is 1. The van der Waals surface area contributed by atoms with Crippen LogP contribution in [0.3, 0.4) is 0 Å². The predicted molar refractivity (Wildman–Crippen MR) is 70.8 cm³/mol. The Balaban J connectivity index is 2.09. The van der Waals surface area contributed by atoms with Crippen LogP contribution in [0, 0.1) is 5.92 Å². The zero-order valence-corrected chi connectivity index (χ0v) is 10.5. The number of nitrogens with zero attached hydrogens (tertiary/aromatic N) is 1. The largest absolute Gasteiger partial charge is 0.481 e. The molecule has 0 spiro atoms. The molecule has 1 aromatic carbocycles. The van der Waals surface area contributed by atoms with Gasteiger partial charge in [-0.25, -0.2) is 0 Å². The zero-order valence-electron chi connectivity index (χ0n) is 10.5. The van der Waals surface area contributed by atoms with Crippen molar-refractivity contribution in [1.29, 1.82) is 0 Å². The molecule has 2 unspecified atom stereocenters. The van der Waals surface area contributed by atoms with Gasteiger partial charge in [0.2, 0.25) is 0 Å². The number of carboxylic acid groups (broad SMARTS) is 1. The van der Waals surface area contributed by atoms with Gasteiger partial charge in [0, 0.05) is 23.8 Å². The fraction of sp³-hybridized carbons (Fsp3) is 0.333. The zero-order chi connectivity index (χ0) is 13.2. The average Bonchev–Trinajstić information content (AvgIpc) is 2.46.